The first-order chi connectivity index (χ1) is 8.10. The standard InChI is InChI=1S/C11H18N2O3S.ClH/c1-16-10-4-6-11(7-5-10)17(14,15)13-9-3-2-8-12;/h4-7,13H,2-3,8-9,12H2,1H3;1H. The first kappa shape index (κ1) is 17.2. The molecule has 0 saturated carbocycles. The number of sulfonamides is 1. The molecule has 0 aliphatic rings. The summed E-state index contributed by atoms with van der Waals surface area (Å²) >= 11 is 0. The van der Waals surface area contributed by atoms with Gasteiger partial charge in [-0.25, -0.2) is 13.1 Å². The van der Waals surface area contributed by atoms with Crippen molar-refractivity contribution in [2.75, 3.05) is 20.2 Å². The van der Waals surface area contributed by atoms with Crippen molar-refractivity contribution in [2.24, 2.45) is 5.73 Å². The molecule has 5 nitrogen and oxygen atoms in total. The summed E-state index contributed by atoms with van der Waals surface area (Å²) in [4.78, 5) is 0.242. The number of ether oxygens (including phenoxy) is 1. The third-order valence-corrected chi connectivity index (χ3v) is 3.77. The predicted octanol–water partition coefficient (Wildman–Crippen LogP) is 1.13. The molecule has 0 aliphatic heterocycles. The Bertz CT molecular complexity index is 434. The Labute approximate surface area is 114 Å². The van der Waals surface area contributed by atoms with Crippen molar-refractivity contribution >= 4 is 22.4 Å². The number of benzene rings is 1. The van der Waals surface area contributed by atoms with E-state index in [1.807, 2.05) is 0 Å². The van der Waals surface area contributed by atoms with Crippen molar-refractivity contribution in [1.82, 2.24) is 4.72 Å². The summed E-state index contributed by atoms with van der Waals surface area (Å²) in [5, 5.41) is 0. The van der Waals surface area contributed by atoms with Crippen LogP contribution in [0.5, 0.6) is 5.75 Å². The van der Waals surface area contributed by atoms with Crippen LogP contribution < -0.4 is 15.2 Å². The minimum absolute atomic E-state index is 0. The monoisotopic (exact) mass is 294 g/mol. The number of rotatable bonds is 7. The molecule has 3 N–H and O–H groups in total. The normalized spacial score (nSPS) is 10.8. The Morgan fingerprint density at radius 2 is 1.83 bits per heavy atom. The molecule has 0 saturated heterocycles. The lowest BCUT2D eigenvalue weighted by Crippen LogP contribution is -2.25. The third-order valence-electron chi connectivity index (χ3n) is 2.29. The van der Waals surface area contributed by atoms with Gasteiger partial charge in [-0.1, -0.05) is 0 Å². The SMILES string of the molecule is COc1ccc(S(=O)(=O)NCCCCN)cc1.Cl. The highest BCUT2D eigenvalue weighted by atomic mass is 35.5. The number of hydrogen-bond donors (Lipinski definition) is 2. The highest BCUT2D eigenvalue weighted by Gasteiger charge is 2.12. The van der Waals surface area contributed by atoms with Crippen LogP contribution in [0, 0.1) is 0 Å². The lowest BCUT2D eigenvalue weighted by molar-refractivity contribution is 0.414. The van der Waals surface area contributed by atoms with Crippen LogP contribution in [0.25, 0.3) is 0 Å². The van der Waals surface area contributed by atoms with E-state index in [9.17, 15) is 8.42 Å². The second-order valence-electron chi connectivity index (χ2n) is 3.57. The van der Waals surface area contributed by atoms with Gasteiger partial charge in [0.1, 0.15) is 5.75 Å². The second kappa shape index (κ2) is 8.31. The van der Waals surface area contributed by atoms with Gasteiger partial charge in [0.2, 0.25) is 10.0 Å². The van der Waals surface area contributed by atoms with E-state index in [1.54, 1.807) is 12.1 Å². The molecule has 1 rings (SSSR count). The maximum Gasteiger partial charge on any atom is 0.240 e. The molecule has 0 fully saturated rings. The zero-order valence-corrected chi connectivity index (χ0v) is 11.9. The van der Waals surface area contributed by atoms with Gasteiger partial charge in [0.25, 0.3) is 0 Å². The van der Waals surface area contributed by atoms with Crippen LogP contribution in [0.15, 0.2) is 29.2 Å². The van der Waals surface area contributed by atoms with E-state index in [4.69, 9.17) is 10.5 Å². The fourth-order valence-corrected chi connectivity index (χ4v) is 2.39. The summed E-state index contributed by atoms with van der Waals surface area (Å²) in [6.07, 6.45) is 1.55. The molecule has 1 aromatic carbocycles. The Morgan fingerprint density at radius 3 is 2.33 bits per heavy atom. The summed E-state index contributed by atoms with van der Waals surface area (Å²) in [5.74, 6) is 0.632. The van der Waals surface area contributed by atoms with Crippen molar-refractivity contribution in [3.63, 3.8) is 0 Å². The van der Waals surface area contributed by atoms with E-state index in [2.05, 4.69) is 4.72 Å². The molecule has 0 amide bonds. The number of halogens is 1. The van der Waals surface area contributed by atoms with Gasteiger partial charge >= 0.3 is 0 Å². The molecule has 7 heteroatoms. The fourth-order valence-electron chi connectivity index (χ4n) is 1.31. The lowest BCUT2D eigenvalue weighted by Gasteiger charge is -2.07. The van der Waals surface area contributed by atoms with Gasteiger partial charge in [-0.15, -0.1) is 12.4 Å². The molecule has 104 valence electrons. The van der Waals surface area contributed by atoms with Gasteiger partial charge < -0.3 is 10.5 Å². The molecule has 1 aromatic rings. The summed E-state index contributed by atoms with van der Waals surface area (Å²) in [5.41, 5.74) is 5.33. The molecule has 0 aromatic heterocycles. The molecule has 0 spiro atoms. The van der Waals surface area contributed by atoms with E-state index >= 15 is 0 Å². The zero-order chi connectivity index (χ0) is 12.7. The highest BCUT2D eigenvalue weighted by molar-refractivity contribution is 7.89. The van der Waals surface area contributed by atoms with Crippen molar-refractivity contribution in [3.8, 4) is 5.75 Å². The summed E-state index contributed by atoms with van der Waals surface area (Å²) in [6.45, 7) is 0.982. The second-order valence-corrected chi connectivity index (χ2v) is 5.34. The molecule has 0 radical (unpaired) electrons. The van der Waals surface area contributed by atoms with Crippen molar-refractivity contribution in [1.29, 1.82) is 0 Å². The molecule has 0 unspecified atom stereocenters. The Kier molecular flexibility index (Phi) is 7.93. The average molecular weight is 295 g/mol. The Hall–Kier alpha value is -0.820. The maximum absolute atomic E-state index is 11.8. The largest absolute Gasteiger partial charge is 0.497 e. The van der Waals surface area contributed by atoms with E-state index in [-0.39, 0.29) is 17.3 Å². The number of methoxy groups -OCH3 is 1. The van der Waals surface area contributed by atoms with Gasteiger partial charge in [0.05, 0.1) is 12.0 Å². The van der Waals surface area contributed by atoms with E-state index in [0.29, 0.717) is 18.8 Å². The van der Waals surface area contributed by atoms with Crippen molar-refractivity contribution in [2.45, 2.75) is 17.7 Å². The van der Waals surface area contributed by atoms with Crippen LogP contribution in [0.4, 0.5) is 0 Å². The first-order valence-corrected chi connectivity index (χ1v) is 6.92. The van der Waals surface area contributed by atoms with E-state index < -0.39 is 10.0 Å². The molecule has 0 heterocycles. The van der Waals surface area contributed by atoms with Gasteiger partial charge in [-0.2, -0.15) is 0 Å². The van der Waals surface area contributed by atoms with Crippen molar-refractivity contribution < 1.29 is 13.2 Å². The molecular weight excluding hydrogens is 276 g/mol. The van der Waals surface area contributed by atoms with Gasteiger partial charge in [-0.05, 0) is 43.7 Å². The fraction of sp³-hybridized carbons (Fsp3) is 0.455. The number of hydrogen-bond acceptors (Lipinski definition) is 4. The molecule has 0 aliphatic carbocycles. The number of nitrogens with one attached hydrogen (secondary N) is 1. The topological polar surface area (TPSA) is 81.4 Å². The van der Waals surface area contributed by atoms with Gasteiger partial charge in [0.15, 0.2) is 0 Å². The highest BCUT2D eigenvalue weighted by Crippen LogP contribution is 2.15. The average Bonchev–Trinajstić information content (AvgIpc) is 2.35. The zero-order valence-electron chi connectivity index (χ0n) is 10.3. The minimum atomic E-state index is -3.41. The Morgan fingerprint density at radius 1 is 1.22 bits per heavy atom. The molecular formula is C11H19ClN2O3S. The quantitative estimate of drug-likeness (QED) is 0.739. The maximum atomic E-state index is 11.8. The van der Waals surface area contributed by atoms with E-state index in [1.165, 1.54) is 19.2 Å². The third kappa shape index (κ3) is 5.22. The summed E-state index contributed by atoms with van der Waals surface area (Å²) in [7, 11) is -1.88. The van der Waals surface area contributed by atoms with Crippen LogP contribution in [0.1, 0.15) is 12.8 Å². The Balaban J connectivity index is 0.00000289. The van der Waals surface area contributed by atoms with Gasteiger partial charge in [0, 0.05) is 6.54 Å². The van der Waals surface area contributed by atoms with Crippen LogP contribution in [-0.2, 0) is 10.0 Å². The summed E-state index contributed by atoms with van der Waals surface area (Å²) < 4.78 is 31.1. The van der Waals surface area contributed by atoms with Crippen LogP contribution >= 0.6 is 12.4 Å². The van der Waals surface area contributed by atoms with Gasteiger partial charge in [-0.3, -0.25) is 0 Å². The number of unbranched alkanes of at least 4 members (excludes halogenated alkanes) is 1. The van der Waals surface area contributed by atoms with Crippen LogP contribution in [0.2, 0.25) is 0 Å². The molecule has 18 heavy (non-hydrogen) atoms. The first-order valence-electron chi connectivity index (χ1n) is 5.44. The smallest absolute Gasteiger partial charge is 0.240 e. The van der Waals surface area contributed by atoms with Crippen LogP contribution in [-0.4, -0.2) is 28.6 Å². The number of nitrogens with two attached hydrogens (primary N) is 1. The minimum Gasteiger partial charge on any atom is -0.497 e. The molecule has 0 bridgehead atoms. The summed E-state index contributed by atoms with van der Waals surface area (Å²) in [6, 6.07) is 6.27. The lowest BCUT2D eigenvalue weighted by atomic mass is 10.3. The molecule has 0 atom stereocenters. The predicted molar refractivity (Wildman–Crippen MR) is 73.7 cm³/mol. The van der Waals surface area contributed by atoms with Crippen LogP contribution in [0.3, 0.4) is 0 Å². The van der Waals surface area contributed by atoms with E-state index in [0.717, 1.165) is 12.8 Å². The van der Waals surface area contributed by atoms with Crippen molar-refractivity contribution in [3.05, 3.63) is 24.3 Å².